The Hall–Kier alpha value is -2.17. The van der Waals surface area contributed by atoms with Crippen LogP contribution in [0.2, 0.25) is 0 Å². The Bertz CT molecular complexity index is 661. The maximum Gasteiger partial charge on any atom is 0.255 e. The molecule has 0 bridgehead atoms. The molecule has 4 nitrogen and oxygen atoms in total. The zero-order valence-corrected chi connectivity index (χ0v) is 13.5. The van der Waals surface area contributed by atoms with E-state index in [9.17, 15) is 4.79 Å². The number of quaternary nitrogens is 1. The number of benzene rings is 2. The number of rotatable bonds is 4. The van der Waals surface area contributed by atoms with Gasteiger partial charge in [0.05, 0.1) is 13.2 Å². The van der Waals surface area contributed by atoms with Crippen molar-refractivity contribution >= 4 is 11.6 Å². The summed E-state index contributed by atoms with van der Waals surface area (Å²) >= 11 is 0. The zero-order chi connectivity index (χ0) is 16.1. The normalized spacial score (nSPS) is 15.3. The first-order valence-corrected chi connectivity index (χ1v) is 8.09. The van der Waals surface area contributed by atoms with Crippen LogP contribution in [0.15, 0.2) is 48.5 Å². The summed E-state index contributed by atoms with van der Waals surface area (Å²) in [6.07, 6.45) is 0. The Morgan fingerprint density at radius 1 is 1.09 bits per heavy atom. The van der Waals surface area contributed by atoms with Crippen molar-refractivity contribution in [2.24, 2.45) is 0 Å². The van der Waals surface area contributed by atoms with E-state index in [4.69, 9.17) is 4.74 Å². The average Bonchev–Trinajstić information content (AvgIpc) is 2.58. The molecule has 120 valence electrons. The fourth-order valence-corrected chi connectivity index (χ4v) is 2.81. The SMILES string of the molecule is Cc1ccccc1NC(=O)c1ccc(C[NH+]2CCOCC2)cc1. The Balaban J connectivity index is 1.62. The minimum absolute atomic E-state index is 0.0652. The van der Waals surface area contributed by atoms with Crippen LogP contribution in [0.5, 0.6) is 0 Å². The third-order valence-electron chi connectivity index (χ3n) is 4.26. The highest BCUT2D eigenvalue weighted by Gasteiger charge is 2.14. The smallest absolute Gasteiger partial charge is 0.255 e. The van der Waals surface area contributed by atoms with Crippen LogP contribution in [0.25, 0.3) is 0 Å². The fraction of sp³-hybridized carbons (Fsp3) is 0.316. The van der Waals surface area contributed by atoms with Gasteiger partial charge in [-0.05, 0) is 30.7 Å². The molecule has 0 aliphatic carbocycles. The molecule has 0 spiro atoms. The molecule has 0 saturated carbocycles. The fourth-order valence-electron chi connectivity index (χ4n) is 2.81. The summed E-state index contributed by atoms with van der Waals surface area (Å²) in [7, 11) is 0. The third-order valence-corrected chi connectivity index (χ3v) is 4.26. The molecule has 0 atom stereocenters. The first kappa shape index (κ1) is 15.7. The lowest BCUT2D eigenvalue weighted by molar-refractivity contribution is -0.921. The second-order valence-electron chi connectivity index (χ2n) is 6.01. The van der Waals surface area contributed by atoms with Crippen LogP contribution in [-0.4, -0.2) is 32.2 Å². The lowest BCUT2D eigenvalue weighted by Gasteiger charge is -2.23. The van der Waals surface area contributed by atoms with Gasteiger partial charge in [0.2, 0.25) is 0 Å². The van der Waals surface area contributed by atoms with Gasteiger partial charge in [0.15, 0.2) is 0 Å². The van der Waals surface area contributed by atoms with E-state index in [1.54, 1.807) is 0 Å². The molecule has 2 N–H and O–H groups in total. The molecule has 1 saturated heterocycles. The summed E-state index contributed by atoms with van der Waals surface area (Å²) in [6.45, 7) is 6.76. The lowest BCUT2D eigenvalue weighted by Crippen LogP contribution is -3.12. The summed E-state index contributed by atoms with van der Waals surface area (Å²) in [5.41, 5.74) is 3.87. The molecule has 2 aromatic rings. The standard InChI is InChI=1S/C19H22N2O2/c1-15-4-2-3-5-18(15)20-19(22)17-8-6-16(7-9-17)14-21-10-12-23-13-11-21/h2-9H,10-14H2,1H3,(H,20,22)/p+1. The first-order chi connectivity index (χ1) is 11.2. The monoisotopic (exact) mass is 311 g/mol. The van der Waals surface area contributed by atoms with Crippen molar-refractivity contribution in [2.45, 2.75) is 13.5 Å². The molecule has 1 aliphatic rings. The molecule has 1 heterocycles. The van der Waals surface area contributed by atoms with Gasteiger partial charge in [-0.25, -0.2) is 0 Å². The van der Waals surface area contributed by atoms with Crippen molar-refractivity contribution in [3.63, 3.8) is 0 Å². The molecule has 3 rings (SSSR count). The van der Waals surface area contributed by atoms with Crippen LogP contribution in [0.3, 0.4) is 0 Å². The quantitative estimate of drug-likeness (QED) is 0.902. The van der Waals surface area contributed by atoms with Gasteiger partial charge < -0.3 is 15.0 Å². The Morgan fingerprint density at radius 2 is 1.78 bits per heavy atom. The van der Waals surface area contributed by atoms with Gasteiger partial charge in [-0.2, -0.15) is 0 Å². The van der Waals surface area contributed by atoms with Gasteiger partial charge in [0.25, 0.3) is 5.91 Å². The van der Waals surface area contributed by atoms with Gasteiger partial charge in [0.1, 0.15) is 19.6 Å². The van der Waals surface area contributed by atoms with Crippen LogP contribution >= 0.6 is 0 Å². The number of hydrogen-bond donors (Lipinski definition) is 2. The molecule has 1 aliphatic heterocycles. The van der Waals surface area contributed by atoms with Gasteiger partial charge in [-0.1, -0.05) is 30.3 Å². The first-order valence-electron chi connectivity index (χ1n) is 8.09. The highest BCUT2D eigenvalue weighted by molar-refractivity contribution is 6.04. The molecule has 23 heavy (non-hydrogen) atoms. The Kier molecular flexibility index (Phi) is 5.05. The zero-order valence-electron chi connectivity index (χ0n) is 13.5. The highest BCUT2D eigenvalue weighted by atomic mass is 16.5. The Morgan fingerprint density at radius 3 is 2.48 bits per heavy atom. The predicted molar refractivity (Wildman–Crippen MR) is 90.8 cm³/mol. The van der Waals surface area contributed by atoms with E-state index < -0.39 is 0 Å². The third kappa shape index (κ3) is 4.18. The number of carbonyl (C=O) groups excluding carboxylic acids is 1. The highest BCUT2D eigenvalue weighted by Crippen LogP contribution is 2.15. The van der Waals surface area contributed by atoms with E-state index in [1.165, 1.54) is 10.5 Å². The predicted octanol–water partition coefficient (Wildman–Crippen LogP) is 1.66. The molecule has 0 radical (unpaired) electrons. The minimum Gasteiger partial charge on any atom is -0.370 e. The summed E-state index contributed by atoms with van der Waals surface area (Å²) in [5, 5.41) is 2.97. The van der Waals surface area contributed by atoms with Crippen LogP contribution in [-0.2, 0) is 11.3 Å². The summed E-state index contributed by atoms with van der Waals surface area (Å²) in [6, 6.07) is 15.7. The van der Waals surface area contributed by atoms with Gasteiger partial charge >= 0.3 is 0 Å². The molecular weight excluding hydrogens is 288 g/mol. The topological polar surface area (TPSA) is 42.8 Å². The maximum absolute atomic E-state index is 12.3. The van der Waals surface area contributed by atoms with E-state index in [0.29, 0.717) is 5.56 Å². The van der Waals surface area contributed by atoms with Crippen LogP contribution in [0, 0.1) is 6.92 Å². The number of amides is 1. The van der Waals surface area contributed by atoms with Crippen LogP contribution < -0.4 is 10.2 Å². The van der Waals surface area contributed by atoms with E-state index in [2.05, 4.69) is 17.4 Å². The average molecular weight is 311 g/mol. The van der Waals surface area contributed by atoms with Crippen molar-refractivity contribution < 1.29 is 14.4 Å². The van der Waals surface area contributed by atoms with E-state index in [0.717, 1.165) is 44.1 Å². The number of hydrogen-bond acceptors (Lipinski definition) is 2. The van der Waals surface area contributed by atoms with Crippen molar-refractivity contribution in [3.8, 4) is 0 Å². The van der Waals surface area contributed by atoms with Crippen molar-refractivity contribution in [1.82, 2.24) is 0 Å². The largest absolute Gasteiger partial charge is 0.370 e. The number of ether oxygens (including phenoxy) is 1. The molecule has 0 aromatic heterocycles. The van der Waals surface area contributed by atoms with Crippen molar-refractivity contribution in [3.05, 3.63) is 65.2 Å². The number of nitrogens with one attached hydrogen (secondary N) is 2. The van der Waals surface area contributed by atoms with Gasteiger partial charge in [-0.3, -0.25) is 4.79 Å². The van der Waals surface area contributed by atoms with Crippen molar-refractivity contribution in [1.29, 1.82) is 0 Å². The molecule has 2 aromatic carbocycles. The van der Waals surface area contributed by atoms with Crippen LogP contribution in [0.1, 0.15) is 21.5 Å². The number of morpholine rings is 1. The molecule has 1 fully saturated rings. The number of carbonyl (C=O) groups is 1. The minimum atomic E-state index is -0.0652. The van der Waals surface area contributed by atoms with Gasteiger partial charge in [0, 0.05) is 16.8 Å². The van der Waals surface area contributed by atoms with E-state index in [1.807, 2.05) is 43.3 Å². The summed E-state index contributed by atoms with van der Waals surface area (Å²) in [5.74, 6) is -0.0652. The lowest BCUT2D eigenvalue weighted by atomic mass is 10.1. The second kappa shape index (κ2) is 7.40. The second-order valence-corrected chi connectivity index (χ2v) is 6.01. The summed E-state index contributed by atoms with van der Waals surface area (Å²) in [4.78, 5) is 13.9. The van der Waals surface area contributed by atoms with E-state index >= 15 is 0 Å². The Labute approximate surface area is 137 Å². The summed E-state index contributed by atoms with van der Waals surface area (Å²) < 4.78 is 5.38. The van der Waals surface area contributed by atoms with Crippen LogP contribution in [0.4, 0.5) is 5.69 Å². The number of para-hydroxylation sites is 1. The molecular formula is C19H23N2O2+. The molecule has 4 heteroatoms. The van der Waals surface area contributed by atoms with Crippen molar-refractivity contribution in [2.75, 3.05) is 31.6 Å². The maximum atomic E-state index is 12.3. The van der Waals surface area contributed by atoms with E-state index in [-0.39, 0.29) is 5.91 Å². The van der Waals surface area contributed by atoms with Gasteiger partial charge in [-0.15, -0.1) is 0 Å². The molecule has 1 amide bonds. The molecule has 0 unspecified atom stereocenters. The number of anilines is 1. The number of aryl methyl sites for hydroxylation is 1.